The van der Waals surface area contributed by atoms with E-state index in [-0.39, 0.29) is 0 Å². The lowest BCUT2D eigenvalue weighted by Crippen LogP contribution is -2.36. The Balaban J connectivity index is 1.64. The van der Waals surface area contributed by atoms with E-state index in [2.05, 4.69) is 5.32 Å². The summed E-state index contributed by atoms with van der Waals surface area (Å²) in [6, 6.07) is 6.06. The van der Waals surface area contributed by atoms with Gasteiger partial charge in [-0.1, -0.05) is 29.3 Å². The van der Waals surface area contributed by atoms with Gasteiger partial charge in [-0.3, -0.25) is 4.79 Å². The summed E-state index contributed by atoms with van der Waals surface area (Å²) in [4.78, 5) is 14.7. The number of nitrogens with one attached hydrogen (secondary N) is 1. The molecule has 1 heterocycles. The van der Waals surface area contributed by atoms with E-state index < -0.39 is 0 Å². The minimum Gasteiger partial charge on any atom is -0.335 e. The van der Waals surface area contributed by atoms with Gasteiger partial charge in [-0.15, -0.1) is 0 Å². The Bertz CT molecular complexity index is 539. The fourth-order valence-corrected chi connectivity index (χ4v) is 3.41. The molecule has 2 aliphatic rings. The second-order valence-electron chi connectivity index (χ2n) is 6.40. The maximum absolute atomic E-state index is 12.7. The van der Waals surface area contributed by atoms with Crippen LogP contribution >= 0.6 is 23.2 Å². The van der Waals surface area contributed by atoms with Crippen molar-refractivity contribution in [1.82, 2.24) is 10.2 Å². The van der Waals surface area contributed by atoms with Gasteiger partial charge in [0.2, 0.25) is 5.91 Å². The second-order valence-corrected chi connectivity index (χ2v) is 7.21. The minimum absolute atomic E-state index is 0.292. The SMILES string of the molecule is O=C(CC1CCNCC1)N(Cc1ccc(Cl)c(Cl)c1)C1CC1. The third-order valence-corrected chi connectivity index (χ3v) is 5.31. The van der Waals surface area contributed by atoms with Gasteiger partial charge in [-0.05, 0) is 62.4 Å². The molecule has 1 saturated carbocycles. The number of nitrogens with zero attached hydrogens (tertiary/aromatic N) is 1. The number of carbonyl (C=O) groups excluding carboxylic acids is 1. The predicted octanol–water partition coefficient (Wildman–Crippen LogP) is 3.87. The highest BCUT2D eigenvalue weighted by Gasteiger charge is 2.33. The van der Waals surface area contributed by atoms with Crippen LogP contribution in [0.3, 0.4) is 0 Å². The molecule has 22 heavy (non-hydrogen) atoms. The maximum atomic E-state index is 12.7. The van der Waals surface area contributed by atoms with Crippen molar-refractivity contribution in [3.63, 3.8) is 0 Å². The highest BCUT2D eigenvalue weighted by molar-refractivity contribution is 6.42. The summed E-state index contributed by atoms with van der Waals surface area (Å²) in [7, 11) is 0. The molecule has 120 valence electrons. The van der Waals surface area contributed by atoms with Crippen molar-refractivity contribution < 1.29 is 4.79 Å². The van der Waals surface area contributed by atoms with E-state index >= 15 is 0 Å². The molecule has 5 heteroatoms. The zero-order chi connectivity index (χ0) is 15.5. The Morgan fingerprint density at radius 3 is 2.50 bits per heavy atom. The molecule has 0 bridgehead atoms. The first-order chi connectivity index (χ1) is 10.6. The van der Waals surface area contributed by atoms with Crippen LogP contribution in [-0.2, 0) is 11.3 Å². The molecule has 3 rings (SSSR count). The highest BCUT2D eigenvalue weighted by Crippen LogP contribution is 2.31. The zero-order valence-electron chi connectivity index (χ0n) is 12.7. The number of benzene rings is 1. The Labute approximate surface area is 142 Å². The average Bonchev–Trinajstić information content (AvgIpc) is 3.34. The van der Waals surface area contributed by atoms with Gasteiger partial charge >= 0.3 is 0 Å². The Morgan fingerprint density at radius 1 is 1.14 bits per heavy atom. The van der Waals surface area contributed by atoms with Crippen molar-refractivity contribution in [3.05, 3.63) is 33.8 Å². The van der Waals surface area contributed by atoms with E-state index in [0.29, 0.717) is 40.9 Å². The summed E-state index contributed by atoms with van der Waals surface area (Å²) in [6.45, 7) is 2.72. The molecule has 0 spiro atoms. The van der Waals surface area contributed by atoms with Gasteiger partial charge in [0.05, 0.1) is 10.0 Å². The van der Waals surface area contributed by atoms with E-state index in [1.165, 1.54) is 0 Å². The van der Waals surface area contributed by atoms with E-state index in [0.717, 1.165) is 44.3 Å². The Hall–Kier alpha value is -0.770. The molecule has 1 aromatic carbocycles. The van der Waals surface area contributed by atoms with Crippen molar-refractivity contribution in [2.24, 2.45) is 5.92 Å². The van der Waals surface area contributed by atoms with Crippen LogP contribution in [0.5, 0.6) is 0 Å². The molecule has 0 unspecified atom stereocenters. The summed E-state index contributed by atoms with van der Waals surface area (Å²) in [5, 5.41) is 4.47. The average molecular weight is 341 g/mol. The van der Waals surface area contributed by atoms with Crippen LogP contribution < -0.4 is 5.32 Å². The summed E-state index contributed by atoms with van der Waals surface area (Å²) in [5.74, 6) is 0.823. The Morgan fingerprint density at radius 2 is 1.86 bits per heavy atom. The fourth-order valence-electron chi connectivity index (χ4n) is 3.09. The van der Waals surface area contributed by atoms with Gasteiger partial charge in [0.15, 0.2) is 0 Å². The van der Waals surface area contributed by atoms with E-state index in [1.807, 2.05) is 23.1 Å². The standard InChI is InChI=1S/C17H22Cl2N2O/c18-15-4-1-13(9-16(15)19)11-21(14-2-3-14)17(22)10-12-5-7-20-8-6-12/h1,4,9,12,14,20H,2-3,5-8,10-11H2. The van der Waals surface area contributed by atoms with Gasteiger partial charge in [0.1, 0.15) is 0 Å². The Kier molecular flexibility index (Phi) is 5.27. The molecule has 1 aromatic rings. The summed E-state index contributed by atoms with van der Waals surface area (Å²) in [6.07, 6.45) is 5.14. The molecule has 0 atom stereocenters. The largest absolute Gasteiger partial charge is 0.335 e. The second kappa shape index (κ2) is 7.20. The summed E-state index contributed by atoms with van der Waals surface area (Å²) in [5.41, 5.74) is 1.06. The lowest BCUT2D eigenvalue weighted by molar-refractivity contribution is -0.133. The predicted molar refractivity (Wildman–Crippen MR) is 90.2 cm³/mol. The molecule has 0 aromatic heterocycles. The van der Waals surface area contributed by atoms with E-state index in [9.17, 15) is 4.79 Å². The summed E-state index contributed by atoms with van der Waals surface area (Å²) >= 11 is 12.1. The van der Waals surface area contributed by atoms with Gasteiger partial charge < -0.3 is 10.2 Å². The van der Waals surface area contributed by atoms with Crippen molar-refractivity contribution in [3.8, 4) is 0 Å². The smallest absolute Gasteiger partial charge is 0.223 e. The molecule has 1 aliphatic heterocycles. The quantitative estimate of drug-likeness (QED) is 0.882. The van der Waals surface area contributed by atoms with Crippen molar-refractivity contribution in [1.29, 1.82) is 0 Å². The molecule has 2 fully saturated rings. The third kappa shape index (κ3) is 4.15. The summed E-state index contributed by atoms with van der Waals surface area (Å²) < 4.78 is 0. The number of amides is 1. The number of piperidine rings is 1. The number of halogens is 2. The van der Waals surface area contributed by atoms with Gasteiger partial charge in [0, 0.05) is 19.0 Å². The van der Waals surface area contributed by atoms with Crippen LogP contribution in [0.1, 0.15) is 37.7 Å². The van der Waals surface area contributed by atoms with Crippen LogP contribution in [0, 0.1) is 5.92 Å². The van der Waals surface area contributed by atoms with Crippen molar-refractivity contribution in [2.45, 2.75) is 44.7 Å². The van der Waals surface area contributed by atoms with Gasteiger partial charge in [0.25, 0.3) is 0 Å². The van der Waals surface area contributed by atoms with Crippen LogP contribution in [-0.4, -0.2) is 29.9 Å². The van der Waals surface area contributed by atoms with Gasteiger partial charge in [-0.25, -0.2) is 0 Å². The molecule has 0 radical (unpaired) electrons. The normalized spacial score (nSPS) is 19.2. The first-order valence-electron chi connectivity index (χ1n) is 8.07. The third-order valence-electron chi connectivity index (χ3n) is 4.57. The lowest BCUT2D eigenvalue weighted by atomic mass is 9.94. The monoisotopic (exact) mass is 340 g/mol. The van der Waals surface area contributed by atoms with Crippen LogP contribution in [0.4, 0.5) is 0 Å². The highest BCUT2D eigenvalue weighted by atomic mass is 35.5. The number of hydrogen-bond donors (Lipinski definition) is 1. The molecule has 1 aliphatic carbocycles. The molecule has 1 saturated heterocycles. The van der Waals surface area contributed by atoms with E-state index in [1.54, 1.807) is 0 Å². The number of rotatable bonds is 5. The molecule has 3 nitrogen and oxygen atoms in total. The number of carbonyl (C=O) groups is 1. The molecule has 1 amide bonds. The first kappa shape index (κ1) is 16.1. The molecular weight excluding hydrogens is 319 g/mol. The van der Waals surface area contributed by atoms with Crippen molar-refractivity contribution >= 4 is 29.1 Å². The topological polar surface area (TPSA) is 32.3 Å². The number of hydrogen-bond acceptors (Lipinski definition) is 2. The van der Waals surface area contributed by atoms with Crippen LogP contribution in [0.15, 0.2) is 18.2 Å². The maximum Gasteiger partial charge on any atom is 0.223 e. The van der Waals surface area contributed by atoms with E-state index in [4.69, 9.17) is 23.2 Å². The van der Waals surface area contributed by atoms with Crippen LogP contribution in [0.2, 0.25) is 10.0 Å². The fraction of sp³-hybridized carbons (Fsp3) is 0.588. The minimum atomic E-state index is 0.292. The molecular formula is C17H22Cl2N2O. The zero-order valence-corrected chi connectivity index (χ0v) is 14.2. The lowest BCUT2D eigenvalue weighted by Gasteiger charge is -2.27. The first-order valence-corrected chi connectivity index (χ1v) is 8.83. The van der Waals surface area contributed by atoms with Crippen molar-refractivity contribution in [2.75, 3.05) is 13.1 Å². The van der Waals surface area contributed by atoms with Gasteiger partial charge in [-0.2, -0.15) is 0 Å². The van der Waals surface area contributed by atoms with Crippen LogP contribution in [0.25, 0.3) is 0 Å². The molecule has 1 N–H and O–H groups in total.